The van der Waals surface area contributed by atoms with Gasteiger partial charge in [0, 0.05) is 39.6 Å². The van der Waals surface area contributed by atoms with Gasteiger partial charge in [-0.05, 0) is 6.92 Å². The number of aromatic nitrogens is 2. The lowest BCUT2D eigenvalue weighted by atomic mass is 9.94. The molecule has 1 aromatic rings. The molecule has 1 aromatic heterocycles. The van der Waals surface area contributed by atoms with Gasteiger partial charge < -0.3 is 20.5 Å². The van der Waals surface area contributed by atoms with Crippen LogP contribution in [-0.2, 0) is 4.74 Å². The van der Waals surface area contributed by atoms with Crippen molar-refractivity contribution in [3.63, 3.8) is 0 Å². The molecule has 9 heteroatoms. The van der Waals surface area contributed by atoms with E-state index in [0.717, 1.165) is 0 Å². The Bertz CT molecular complexity index is 545. The van der Waals surface area contributed by atoms with Crippen LogP contribution >= 0.6 is 0 Å². The average molecular weight is 297 g/mol. The third-order valence-corrected chi connectivity index (χ3v) is 3.56. The molecule has 0 amide bonds. The van der Waals surface area contributed by atoms with Crippen LogP contribution in [0.5, 0.6) is 0 Å². The summed E-state index contributed by atoms with van der Waals surface area (Å²) < 4.78 is 5.22. The van der Waals surface area contributed by atoms with Crippen molar-refractivity contribution in [3.05, 3.63) is 15.8 Å². The number of nitro groups is 1. The highest BCUT2D eigenvalue weighted by molar-refractivity contribution is 5.61. The Morgan fingerprint density at radius 2 is 2.10 bits per heavy atom. The molecule has 1 aliphatic rings. The fourth-order valence-electron chi connectivity index (χ4n) is 2.48. The van der Waals surface area contributed by atoms with Gasteiger partial charge in [-0.3, -0.25) is 10.1 Å². The van der Waals surface area contributed by atoms with E-state index in [1.54, 1.807) is 11.9 Å². The van der Waals surface area contributed by atoms with Gasteiger partial charge in [0.1, 0.15) is 5.69 Å². The maximum absolute atomic E-state index is 11.2. The number of rotatable bonds is 4. The second-order valence-electron chi connectivity index (χ2n) is 5.29. The van der Waals surface area contributed by atoms with Gasteiger partial charge in [0.25, 0.3) is 0 Å². The number of anilines is 2. The molecule has 0 saturated carbocycles. The summed E-state index contributed by atoms with van der Waals surface area (Å²) in [6, 6.07) is 0. The Morgan fingerprint density at radius 3 is 2.67 bits per heavy atom. The Morgan fingerprint density at radius 1 is 1.48 bits per heavy atom. The Balaban J connectivity index is 2.30. The van der Waals surface area contributed by atoms with E-state index in [-0.39, 0.29) is 29.7 Å². The summed E-state index contributed by atoms with van der Waals surface area (Å²) in [4.78, 5) is 20.0. The molecular formula is C12H19N5O4. The van der Waals surface area contributed by atoms with Crippen LogP contribution in [0, 0.1) is 17.0 Å². The summed E-state index contributed by atoms with van der Waals surface area (Å²) in [6.07, 6.45) is 0.954. The molecule has 116 valence electrons. The van der Waals surface area contributed by atoms with Crippen LogP contribution in [0.25, 0.3) is 0 Å². The van der Waals surface area contributed by atoms with Crippen LogP contribution < -0.4 is 10.6 Å². The Labute approximate surface area is 121 Å². The minimum atomic E-state index is -0.950. The van der Waals surface area contributed by atoms with Crippen LogP contribution in [0.4, 0.5) is 17.5 Å². The second kappa shape index (κ2) is 5.78. The number of aryl methyl sites for hydroxylation is 1. The third-order valence-electron chi connectivity index (χ3n) is 3.56. The van der Waals surface area contributed by atoms with Crippen molar-refractivity contribution < 1.29 is 14.8 Å². The van der Waals surface area contributed by atoms with Crippen molar-refractivity contribution >= 4 is 17.5 Å². The highest BCUT2D eigenvalue weighted by Gasteiger charge is 2.34. The molecular weight excluding hydrogens is 278 g/mol. The van der Waals surface area contributed by atoms with Crippen molar-refractivity contribution in [3.8, 4) is 0 Å². The monoisotopic (exact) mass is 297 g/mol. The Kier molecular flexibility index (Phi) is 4.24. The van der Waals surface area contributed by atoms with Crippen LogP contribution in [0.1, 0.15) is 18.5 Å². The number of nitrogen functional groups attached to an aromatic ring is 1. The first-order chi connectivity index (χ1) is 9.82. The first kappa shape index (κ1) is 15.4. The van der Waals surface area contributed by atoms with Gasteiger partial charge in [-0.15, -0.1) is 0 Å². The van der Waals surface area contributed by atoms with Gasteiger partial charge in [0.15, 0.2) is 0 Å². The first-order valence-corrected chi connectivity index (χ1v) is 6.62. The minimum absolute atomic E-state index is 0.0288. The lowest BCUT2D eigenvalue weighted by Crippen LogP contribution is -2.46. The summed E-state index contributed by atoms with van der Waals surface area (Å²) in [5.41, 5.74) is 4.64. The van der Waals surface area contributed by atoms with Gasteiger partial charge in [0.05, 0.1) is 10.5 Å². The lowest BCUT2D eigenvalue weighted by molar-refractivity contribution is -0.385. The molecule has 2 heterocycles. The topological polar surface area (TPSA) is 128 Å². The summed E-state index contributed by atoms with van der Waals surface area (Å²) in [7, 11) is 1.64. The molecule has 0 bridgehead atoms. The van der Waals surface area contributed by atoms with Crippen molar-refractivity contribution in [1.82, 2.24) is 9.97 Å². The standard InChI is InChI=1S/C12H19N5O4/c1-8-9(17(19)20)10(15-11(13)14-8)16(2)7-12(18)3-5-21-6-4-12/h18H,3-7H2,1-2H3,(H2,13,14,15). The van der Waals surface area contributed by atoms with E-state index in [4.69, 9.17) is 10.5 Å². The molecule has 0 atom stereocenters. The zero-order chi connectivity index (χ0) is 15.6. The number of nitrogens with zero attached hydrogens (tertiary/aromatic N) is 4. The quantitative estimate of drug-likeness (QED) is 0.598. The summed E-state index contributed by atoms with van der Waals surface area (Å²) in [5, 5.41) is 21.7. The lowest BCUT2D eigenvalue weighted by Gasteiger charge is -2.35. The van der Waals surface area contributed by atoms with Crippen LogP contribution in [0.2, 0.25) is 0 Å². The van der Waals surface area contributed by atoms with Crippen molar-refractivity contribution in [2.45, 2.75) is 25.4 Å². The van der Waals surface area contributed by atoms with E-state index >= 15 is 0 Å². The predicted octanol–water partition coefficient (Wildman–Crippen LogP) is 0.253. The van der Waals surface area contributed by atoms with Crippen LogP contribution in [0.3, 0.4) is 0 Å². The second-order valence-corrected chi connectivity index (χ2v) is 5.29. The maximum Gasteiger partial charge on any atom is 0.332 e. The molecule has 0 aromatic carbocycles. The SMILES string of the molecule is Cc1nc(N)nc(N(C)CC2(O)CCOCC2)c1[N+](=O)[O-]. The fraction of sp³-hybridized carbons (Fsp3) is 0.667. The number of hydrogen-bond acceptors (Lipinski definition) is 8. The Hall–Kier alpha value is -2.00. The van der Waals surface area contributed by atoms with Crippen molar-refractivity contribution in [1.29, 1.82) is 0 Å². The van der Waals surface area contributed by atoms with E-state index in [9.17, 15) is 15.2 Å². The predicted molar refractivity (Wildman–Crippen MR) is 76.1 cm³/mol. The highest BCUT2D eigenvalue weighted by Crippen LogP contribution is 2.31. The van der Waals surface area contributed by atoms with Crippen molar-refractivity contribution in [2.75, 3.05) is 37.4 Å². The minimum Gasteiger partial charge on any atom is -0.388 e. The van der Waals surface area contributed by atoms with Gasteiger partial charge >= 0.3 is 5.69 Å². The molecule has 3 N–H and O–H groups in total. The average Bonchev–Trinajstić information content (AvgIpc) is 2.37. The molecule has 0 unspecified atom stereocenters. The molecule has 2 rings (SSSR count). The number of ether oxygens (including phenoxy) is 1. The van der Waals surface area contributed by atoms with Crippen molar-refractivity contribution in [2.24, 2.45) is 0 Å². The molecule has 1 saturated heterocycles. The summed E-state index contributed by atoms with van der Waals surface area (Å²) in [6.45, 7) is 2.67. The molecule has 1 aliphatic heterocycles. The molecule has 21 heavy (non-hydrogen) atoms. The molecule has 1 fully saturated rings. The van der Waals surface area contributed by atoms with Gasteiger partial charge in [-0.25, -0.2) is 4.98 Å². The van der Waals surface area contributed by atoms with E-state index in [1.807, 2.05) is 0 Å². The molecule has 0 spiro atoms. The largest absolute Gasteiger partial charge is 0.388 e. The summed E-state index contributed by atoms with van der Waals surface area (Å²) in [5.74, 6) is 0.0869. The number of aliphatic hydroxyl groups is 1. The van der Waals surface area contributed by atoms with E-state index in [2.05, 4.69) is 9.97 Å². The normalized spacial score (nSPS) is 17.5. The van der Waals surface area contributed by atoms with Crippen LogP contribution in [-0.4, -0.2) is 52.4 Å². The number of likely N-dealkylation sites (N-methyl/N-ethyl adjacent to an activating group) is 1. The third kappa shape index (κ3) is 3.37. The number of hydrogen-bond donors (Lipinski definition) is 2. The zero-order valence-electron chi connectivity index (χ0n) is 12.1. The highest BCUT2D eigenvalue weighted by atomic mass is 16.6. The molecule has 0 aliphatic carbocycles. The fourth-order valence-corrected chi connectivity index (χ4v) is 2.48. The van der Waals surface area contributed by atoms with Gasteiger partial charge in [-0.1, -0.05) is 0 Å². The zero-order valence-corrected chi connectivity index (χ0v) is 12.1. The first-order valence-electron chi connectivity index (χ1n) is 6.62. The molecule has 9 nitrogen and oxygen atoms in total. The number of nitrogens with two attached hydrogens (primary N) is 1. The van der Waals surface area contributed by atoms with E-state index in [1.165, 1.54) is 6.92 Å². The maximum atomic E-state index is 11.2. The van der Waals surface area contributed by atoms with Gasteiger partial charge in [-0.2, -0.15) is 4.98 Å². The summed E-state index contributed by atoms with van der Waals surface area (Å²) >= 11 is 0. The smallest absolute Gasteiger partial charge is 0.332 e. The molecule has 0 radical (unpaired) electrons. The van der Waals surface area contributed by atoms with E-state index in [0.29, 0.717) is 26.1 Å². The van der Waals surface area contributed by atoms with E-state index < -0.39 is 10.5 Å². The van der Waals surface area contributed by atoms with Gasteiger partial charge in [0.2, 0.25) is 11.8 Å². The van der Waals surface area contributed by atoms with Crippen LogP contribution in [0.15, 0.2) is 0 Å².